The number of halogens is 1. The smallest absolute Gasteiger partial charge is 0.307 e. The standard InChI is InChI=1S/C12H15ClO2S/c1-8(12(14)15)9(2)16-7-10-3-5-11(13)6-4-10/h3-6,8-9H,7H2,1-2H3,(H,14,15). The van der Waals surface area contributed by atoms with Crippen molar-refractivity contribution in [3.63, 3.8) is 0 Å². The minimum Gasteiger partial charge on any atom is -0.481 e. The summed E-state index contributed by atoms with van der Waals surface area (Å²) in [6, 6.07) is 7.63. The van der Waals surface area contributed by atoms with Gasteiger partial charge in [-0.1, -0.05) is 37.6 Å². The molecule has 0 fully saturated rings. The summed E-state index contributed by atoms with van der Waals surface area (Å²) in [5.41, 5.74) is 1.17. The zero-order valence-corrected chi connectivity index (χ0v) is 10.9. The van der Waals surface area contributed by atoms with Crippen LogP contribution in [0.5, 0.6) is 0 Å². The van der Waals surface area contributed by atoms with Gasteiger partial charge in [0.25, 0.3) is 0 Å². The summed E-state index contributed by atoms with van der Waals surface area (Å²) in [7, 11) is 0. The Morgan fingerprint density at radius 2 is 1.94 bits per heavy atom. The molecular weight excluding hydrogens is 244 g/mol. The number of hydrogen-bond donors (Lipinski definition) is 1. The van der Waals surface area contributed by atoms with Crippen molar-refractivity contribution >= 4 is 29.3 Å². The SMILES string of the molecule is CC(SCc1ccc(Cl)cc1)C(C)C(=O)O. The van der Waals surface area contributed by atoms with Gasteiger partial charge in [-0.2, -0.15) is 11.8 Å². The predicted octanol–water partition coefficient (Wildman–Crippen LogP) is 3.68. The number of rotatable bonds is 5. The van der Waals surface area contributed by atoms with Crippen LogP contribution in [0.15, 0.2) is 24.3 Å². The Morgan fingerprint density at radius 3 is 2.44 bits per heavy atom. The van der Waals surface area contributed by atoms with Crippen LogP contribution in [0.1, 0.15) is 19.4 Å². The topological polar surface area (TPSA) is 37.3 Å². The molecule has 0 bridgehead atoms. The van der Waals surface area contributed by atoms with E-state index in [2.05, 4.69) is 0 Å². The summed E-state index contributed by atoms with van der Waals surface area (Å²) in [5.74, 6) is -0.246. The molecule has 1 aromatic rings. The zero-order chi connectivity index (χ0) is 12.1. The molecule has 16 heavy (non-hydrogen) atoms. The lowest BCUT2D eigenvalue weighted by Crippen LogP contribution is -2.20. The van der Waals surface area contributed by atoms with Crippen LogP contribution in [0, 0.1) is 5.92 Å². The first-order valence-corrected chi connectivity index (χ1v) is 6.52. The molecule has 0 saturated heterocycles. The van der Waals surface area contributed by atoms with Crippen LogP contribution in [0.4, 0.5) is 0 Å². The van der Waals surface area contributed by atoms with Crippen LogP contribution in [-0.2, 0) is 10.5 Å². The fraction of sp³-hybridized carbons (Fsp3) is 0.417. The maximum absolute atomic E-state index is 10.8. The Labute approximate surface area is 105 Å². The normalized spacial score (nSPS) is 14.4. The Morgan fingerprint density at radius 1 is 1.38 bits per heavy atom. The van der Waals surface area contributed by atoms with Gasteiger partial charge < -0.3 is 5.11 Å². The molecule has 0 aromatic heterocycles. The van der Waals surface area contributed by atoms with Crippen LogP contribution < -0.4 is 0 Å². The molecule has 0 aliphatic carbocycles. The lowest BCUT2D eigenvalue weighted by Gasteiger charge is -2.15. The van der Waals surface area contributed by atoms with Crippen molar-refractivity contribution in [2.24, 2.45) is 5.92 Å². The van der Waals surface area contributed by atoms with E-state index in [0.717, 1.165) is 10.8 Å². The van der Waals surface area contributed by atoms with Gasteiger partial charge in [0.1, 0.15) is 0 Å². The zero-order valence-electron chi connectivity index (χ0n) is 9.31. The molecular formula is C12H15ClO2S. The van der Waals surface area contributed by atoms with Gasteiger partial charge in [0.15, 0.2) is 0 Å². The molecule has 1 N–H and O–H groups in total. The van der Waals surface area contributed by atoms with E-state index in [-0.39, 0.29) is 11.2 Å². The van der Waals surface area contributed by atoms with Gasteiger partial charge in [0, 0.05) is 16.0 Å². The van der Waals surface area contributed by atoms with Gasteiger partial charge >= 0.3 is 5.97 Å². The maximum Gasteiger partial charge on any atom is 0.307 e. The second-order valence-corrected chi connectivity index (χ2v) is 5.57. The van der Waals surface area contributed by atoms with E-state index in [1.165, 1.54) is 5.56 Å². The van der Waals surface area contributed by atoms with Crippen molar-refractivity contribution < 1.29 is 9.90 Å². The number of hydrogen-bond acceptors (Lipinski definition) is 2. The van der Waals surface area contributed by atoms with E-state index < -0.39 is 5.97 Å². The summed E-state index contributed by atoms with van der Waals surface area (Å²) in [5, 5.41) is 9.68. The molecule has 4 heteroatoms. The molecule has 0 heterocycles. The molecule has 0 aliphatic rings. The summed E-state index contributed by atoms with van der Waals surface area (Å²) in [6.07, 6.45) is 0. The highest BCUT2D eigenvalue weighted by atomic mass is 35.5. The lowest BCUT2D eigenvalue weighted by atomic mass is 10.1. The molecule has 0 amide bonds. The second-order valence-electron chi connectivity index (χ2n) is 3.77. The van der Waals surface area contributed by atoms with E-state index in [4.69, 9.17) is 16.7 Å². The van der Waals surface area contributed by atoms with Crippen molar-refractivity contribution in [3.05, 3.63) is 34.9 Å². The first-order chi connectivity index (χ1) is 7.50. The van der Waals surface area contributed by atoms with E-state index in [1.54, 1.807) is 18.7 Å². The molecule has 0 radical (unpaired) electrons. The summed E-state index contributed by atoms with van der Waals surface area (Å²) < 4.78 is 0. The monoisotopic (exact) mass is 258 g/mol. The fourth-order valence-corrected chi connectivity index (χ4v) is 2.33. The van der Waals surface area contributed by atoms with Crippen LogP contribution in [0.3, 0.4) is 0 Å². The number of carbonyl (C=O) groups is 1. The molecule has 0 saturated carbocycles. The van der Waals surface area contributed by atoms with Crippen molar-refractivity contribution in [2.45, 2.75) is 24.9 Å². The molecule has 1 aromatic carbocycles. The number of thioether (sulfide) groups is 1. The van der Waals surface area contributed by atoms with Gasteiger partial charge in [0.2, 0.25) is 0 Å². The van der Waals surface area contributed by atoms with Crippen molar-refractivity contribution in [2.75, 3.05) is 0 Å². The average molecular weight is 259 g/mol. The molecule has 2 unspecified atom stereocenters. The van der Waals surface area contributed by atoms with E-state index >= 15 is 0 Å². The quantitative estimate of drug-likeness (QED) is 0.875. The van der Waals surface area contributed by atoms with Crippen LogP contribution >= 0.6 is 23.4 Å². The van der Waals surface area contributed by atoms with E-state index in [9.17, 15) is 4.79 Å². The average Bonchev–Trinajstić information content (AvgIpc) is 2.26. The molecule has 2 atom stereocenters. The summed E-state index contributed by atoms with van der Waals surface area (Å²) in [4.78, 5) is 10.8. The summed E-state index contributed by atoms with van der Waals surface area (Å²) in [6.45, 7) is 3.68. The Hall–Kier alpha value is -0.670. The summed E-state index contributed by atoms with van der Waals surface area (Å²) >= 11 is 7.43. The van der Waals surface area contributed by atoms with Gasteiger partial charge in [-0.25, -0.2) is 0 Å². The number of carboxylic acids is 1. The maximum atomic E-state index is 10.8. The van der Waals surface area contributed by atoms with Crippen LogP contribution in [-0.4, -0.2) is 16.3 Å². The van der Waals surface area contributed by atoms with Gasteiger partial charge in [-0.05, 0) is 17.7 Å². The minimum absolute atomic E-state index is 0.105. The second kappa shape index (κ2) is 6.16. The highest BCUT2D eigenvalue weighted by Crippen LogP contribution is 2.24. The van der Waals surface area contributed by atoms with Gasteiger partial charge in [0.05, 0.1) is 5.92 Å². The van der Waals surface area contributed by atoms with E-state index in [0.29, 0.717) is 0 Å². The fourth-order valence-electron chi connectivity index (χ4n) is 1.15. The van der Waals surface area contributed by atoms with Crippen LogP contribution in [0.25, 0.3) is 0 Å². The first kappa shape index (κ1) is 13.4. The Bertz CT molecular complexity index is 351. The van der Waals surface area contributed by atoms with Crippen molar-refractivity contribution in [1.29, 1.82) is 0 Å². The third-order valence-corrected chi connectivity index (χ3v) is 4.21. The van der Waals surface area contributed by atoms with Crippen molar-refractivity contribution in [3.8, 4) is 0 Å². The number of aliphatic carboxylic acids is 1. The predicted molar refractivity (Wildman–Crippen MR) is 69.0 cm³/mol. The third-order valence-electron chi connectivity index (χ3n) is 2.52. The van der Waals surface area contributed by atoms with Gasteiger partial charge in [-0.15, -0.1) is 0 Å². The van der Waals surface area contributed by atoms with Gasteiger partial charge in [-0.3, -0.25) is 4.79 Å². The minimum atomic E-state index is -0.740. The highest BCUT2D eigenvalue weighted by Gasteiger charge is 2.19. The Kier molecular flexibility index (Phi) is 5.16. The molecule has 0 spiro atoms. The molecule has 2 nitrogen and oxygen atoms in total. The number of benzene rings is 1. The molecule has 88 valence electrons. The molecule has 0 aliphatic heterocycles. The largest absolute Gasteiger partial charge is 0.481 e. The van der Waals surface area contributed by atoms with E-state index in [1.807, 2.05) is 31.2 Å². The lowest BCUT2D eigenvalue weighted by molar-refractivity contribution is -0.140. The van der Waals surface area contributed by atoms with Crippen molar-refractivity contribution in [1.82, 2.24) is 0 Å². The Balaban J connectivity index is 2.45. The highest BCUT2D eigenvalue weighted by molar-refractivity contribution is 7.99. The first-order valence-electron chi connectivity index (χ1n) is 5.09. The number of carboxylic acid groups (broad SMARTS) is 1. The third kappa shape index (κ3) is 4.06. The van der Waals surface area contributed by atoms with Crippen LogP contribution in [0.2, 0.25) is 5.02 Å². The molecule has 1 rings (SSSR count).